The molecule has 0 aliphatic carbocycles. The quantitative estimate of drug-likeness (QED) is 0.486. The van der Waals surface area contributed by atoms with Crippen LogP contribution in [0.2, 0.25) is 0 Å². The Hall–Kier alpha value is -0.210. The second kappa shape index (κ2) is 7.13. The van der Waals surface area contributed by atoms with Crippen LogP contribution in [-0.4, -0.2) is 46.4 Å². The van der Waals surface area contributed by atoms with E-state index in [9.17, 15) is 8.42 Å². The molecule has 0 spiro atoms. The maximum Gasteiger partial charge on any atom is 0.276 e. The summed E-state index contributed by atoms with van der Waals surface area (Å²) in [7, 11) is -2.04. The van der Waals surface area contributed by atoms with E-state index in [1.165, 1.54) is 7.11 Å². The van der Waals surface area contributed by atoms with Crippen molar-refractivity contribution in [1.82, 2.24) is 9.44 Å². The van der Waals surface area contributed by atoms with Crippen molar-refractivity contribution in [1.29, 1.82) is 0 Å². The van der Waals surface area contributed by atoms with Gasteiger partial charge in [0, 0.05) is 20.2 Å². The summed E-state index contributed by atoms with van der Waals surface area (Å²) >= 11 is 0. The fourth-order valence-electron chi connectivity index (χ4n) is 0.745. The molecule has 0 heterocycles. The van der Waals surface area contributed by atoms with E-state index in [-0.39, 0.29) is 13.2 Å². The average molecular weight is 226 g/mol. The fraction of sp³-hybridized carbons (Fsp3) is 1.00. The summed E-state index contributed by atoms with van der Waals surface area (Å²) in [6.07, 6.45) is -0.0974. The predicted octanol–water partition coefficient (Wildman–Crippen LogP) is -1.17. The van der Waals surface area contributed by atoms with Crippen molar-refractivity contribution in [3.05, 3.63) is 0 Å². The number of nitrogens with one attached hydrogen (secondary N) is 2. The molecule has 0 radical (unpaired) electrons. The van der Waals surface area contributed by atoms with Crippen LogP contribution in [0.3, 0.4) is 0 Å². The Kier molecular flexibility index (Phi) is 7.02. The Bertz CT molecular complexity index is 230. The highest BCUT2D eigenvalue weighted by Crippen LogP contribution is 1.84. The molecule has 0 aromatic carbocycles. The standard InChI is InChI=1S/C7H18N2O4S/c1-3-4-8-14(11,12)9-5-7(10)6-13-2/h7-10H,3-6H2,1-2H3. The highest BCUT2D eigenvalue weighted by molar-refractivity contribution is 7.87. The largest absolute Gasteiger partial charge is 0.389 e. The van der Waals surface area contributed by atoms with Crippen molar-refractivity contribution in [3.8, 4) is 0 Å². The molecular formula is C7H18N2O4S. The van der Waals surface area contributed by atoms with Gasteiger partial charge in [0.05, 0.1) is 12.7 Å². The minimum Gasteiger partial charge on any atom is -0.389 e. The summed E-state index contributed by atoms with van der Waals surface area (Å²) in [5, 5.41) is 9.16. The van der Waals surface area contributed by atoms with Gasteiger partial charge in [-0.1, -0.05) is 6.92 Å². The van der Waals surface area contributed by atoms with Gasteiger partial charge in [0.25, 0.3) is 10.2 Å². The van der Waals surface area contributed by atoms with E-state index in [0.29, 0.717) is 6.54 Å². The molecule has 1 atom stereocenters. The van der Waals surface area contributed by atoms with Crippen molar-refractivity contribution in [2.24, 2.45) is 0 Å². The molecule has 0 bridgehead atoms. The van der Waals surface area contributed by atoms with E-state index in [1.807, 2.05) is 6.92 Å². The summed E-state index contributed by atoms with van der Waals surface area (Å²) in [6, 6.07) is 0. The Morgan fingerprint density at radius 3 is 2.57 bits per heavy atom. The van der Waals surface area contributed by atoms with Gasteiger partial charge in [-0.15, -0.1) is 0 Å². The molecular weight excluding hydrogens is 208 g/mol. The minimum atomic E-state index is -3.47. The van der Waals surface area contributed by atoms with Crippen molar-refractivity contribution < 1.29 is 18.3 Å². The van der Waals surface area contributed by atoms with Gasteiger partial charge in [0.2, 0.25) is 0 Å². The second-order valence-corrected chi connectivity index (χ2v) is 4.44. The van der Waals surface area contributed by atoms with Crippen LogP contribution in [-0.2, 0) is 14.9 Å². The van der Waals surface area contributed by atoms with Crippen molar-refractivity contribution >= 4 is 10.2 Å². The van der Waals surface area contributed by atoms with Gasteiger partial charge in [0.1, 0.15) is 0 Å². The molecule has 14 heavy (non-hydrogen) atoms. The normalized spacial score (nSPS) is 14.2. The van der Waals surface area contributed by atoms with E-state index in [1.54, 1.807) is 0 Å². The van der Waals surface area contributed by atoms with Gasteiger partial charge in [-0.3, -0.25) is 0 Å². The van der Waals surface area contributed by atoms with E-state index >= 15 is 0 Å². The molecule has 7 heteroatoms. The smallest absolute Gasteiger partial charge is 0.276 e. The SMILES string of the molecule is CCCNS(=O)(=O)NCC(O)COC. The molecule has 6 nitrogen and oxygen atoms in total. The predicted molar refractivity (Wildman–Crippen MR) is 53.1 cm³/mol. The highest BCUT2D eigenvalue weighted by atomic mass is 32.2. The van der Waals surface area contributed by atoms with Crippen LogP contribution in [0.1, 0.15) is 13.3 Å². The number of aliphatic hydroxyl groups excluding tert-OH is 1. The van der Waals surface area contributed by atoms with Crippen LogP contribution in [0.25, 0.3) is 0 Å². The van der Waals surface area contributed by atoms with Gasteiger partial charge < -0.3 is 9.84 Å². The van der Waals surface area contributed by atoms with Crippen LogP contribution >= 0.6 is 0 Å². The Morgan fingerprint density at radius 1 is 1.43 bits per heavy atom. The molecule has 0 fully saturated rings. The van der Waals surface area contributed by atoms with Crippen molar-refractivity contribution in [2.45, 2.75) is 19.4 Å². The van der Waals surface area contributed by atoms with Crippen molar-refractivity contribution in [2.75, 3.05) is 26.8 Å². The molecule has 0 aromatic heterocycles. The molecule has 0 rings (SSSR count). The number of hydrogen-bond donors (Lipinski definition) is 3. The third-order valence-corrected chi connectivity index (χ3v) is 2.54. The Morgan fingerprint density at radius 2 is 2.07 bits per heavy atom. The Balaban J connectivity index is 3.75. The van der Waals surface area contributed by atoms with Crippen LogP contribution < -0.4 is 9.44 Å². The maximum atomic E-state index is 11.1. The van der Waals surface area contributed by atoms with Gasteiger partial charge in [-0.2, -0.15) is 13.1 Å². The molecule has 0 saturated carbocycles. The summed E-state index contributed by atoms with van der Waals surface area (Å²) in [6.45, 7) is 2.31. The number of hydrogen-bond acceptors (Lipinski definition) is 4. The van der Waals surface area contributed by atoms with Crippen LogP contribution in [0.15, 0.2) is 0 Å². The van der Waals surface area contributed by atoms with E-state index in [4.69, 9.17) is 5.11 Å². The molecule has 0 aromatic rings. The number of rotatable bonds is 8. The molecule has 1 unspecified atom stereocenters. The van der Waals surface area contributed by atoms with Gasteiger partial charge in [0.15, 0.2) is 0 Å². The first-order valence-electron chi connectivity index (χ1n) is 4.43. The van der Waals surface area contributed by atoms with E-state index < -0.39 is 16.3 Å². The zero-order valence-corrected chi connectivity index (χ0v) is 9.30. The van der Waals surface area contributed by atoms with E-state index in [2.05, 4.69) is 14.2 Å². The topological polar surface area (TPSA) is 87.7 Å². The summed E-state index contributed by atoms with van der Waals surface area (Å²) in [4.78, 5) is 0. The first kappa shape index (κ1) is 13.8. The molecule has 3 N–H and O–H groups in total. The first-order valence-corrected chi connectivity index (χ1v) is 5.91. The summed E-state index contributed by atoms with van der Waals surface area (Å²) < 4.78 is 31.4. The fourth-order valence-corrected chi connectivity index (χ4v) is 1.73. The second-order valence-electron chi connectivity index (χ2n) is 2.86. The van der Waals surface area contributed by atoms with E-state index in [0.717, 1.165) is 6.42 Å². The lowest BCUT2D eigenvalue weighted by Crippen LogP contribution is -2.41. The molecule has 0 aliphatic heterocycles. The van der Waals surface area contributed by atoms with Crippen LogP contribution in [0.5, 0.6) is 0 Å². The number of aliphatic hydroxyl groups is 1. The minimum absolute atomic E-state index is 0.0487. The van der Waals surface area contributed by atoms with Gasteiger partial charge in [-0.25, -0.2) is 4.72 Å². The number of ether oxygens (including phenoxy) is 1. The zero-order valence-electron chi connectivity index (χ0n) is 8.49. The molecule has 0 amide bonds. The lowest BCUT2D eigenvalue weighted by molar-refractivity contribution is 0.0678. The highest BCUT2D eigenvalue weighted by Gasteiger charge is 2.10. The van der Waals surface area contributed by atoms with Crippen molar-refractivity contribution in [3.63, 3.8) is 0 Å². The third-order valence-electron chi connectivity index (χ3n) is 1.41. The first-order chi connectivity index (χ1) is 6.52. The molecule has 86 valence electrons. The third kappa shape index (κ3) is 7.22. The number of methoxy groups -OCH3 is 1. The Labute approximate surface area is 84.8 Å². The van der Waals surface area contributed by atoms with Gasteiger partial charge >= 0.3 is 0 Å². The summed E-state index contributed by atoms with van der Waals surface area (Å²) in [5.74, 6) is 0. The zero-order chi connectivity index (χ0) is 11.0. The lowest BCUT2D eigenvalue weighted by Gasteiger charge is -2.11. The average Bonchev–Trinajstić information content (AvgIpc) is 2.13. The lowest BCUT2D eigenvalue weighted by atomic mass is 10.4. The summed E-state index contributed by atoms with van der Waals surface area (Å²) in [5.41, 5.74) is 0. The van der Waals surface area contributed by atoms with Crippen LogP contribution in [0, 0.1) is 0 Å². The molecule has 0 aliphatic rings. The van der Waals surface area contributed by atoms with Gasteiger partial charge in [-0.05, 0) is 6.42 Å². The van der Waals surface area contributed by atoms with Crippen LogP contribution in [0.4, 0.5) is 0 Å². The monoisotopic (exact) mass is 226 g/mol. The molecule has 0 saturated heterocycles. The maximum absolute atomic E-state index is 11.1.